The molecule has 1 atom stereocenters. The minimum atomic E-state index is 0.579. The minimum absolute atomic E-state index is 0.579. The Morgan fingerprint density at radius 1 is 1.18 bits per heavy atom. The second-order valence-electron chi connectivity index (χ2n) is 2.81. The van der Waals surface area contributed by atoms with Crippen LogP contribution in [-0.2, 0) is 0 Å². The Kier molecular flexibility index (Phi) is 9.14. The molecular formula is C10H23N. The maximum Gasteiger partial charge on any atom is 0.00623 e. The van der Waals surface area contributed by atoms with Crippen LogP contribution in [0.4, 0.5) is 0 Å². The molecule has 0 bridgehead atoms. The molecule has 0 fully saturated rings. The molecule has 0 amide bonds. The first kappa shape index (κ1) is 13.2. The summed E-state index contributed by atoms with van der Waals surface area (Å²) in [6, 6.07) is 0. The molecule has 1 nitrogen and oxygen atoms in total. The Morgan fingerprint density at radius 3 is 1.64 bits per heavy atom. The normalized spacial score (nSPS) is 11.5. The first-order valence-corrected chi connectivity index (χ1v) is 4.46. The van der Waals surface area contributed by atoms with E-state index >= 15 is 0 Å². The molecule has 1 heteroatoms. The van der Waals surface area contributed by atoms with Crippen molar-refractivity contribution in [2.45, 2.75) is 34.6 Å². The van der Waals surface area contributed by atoms with E-state index in [9.17, 15) is 0 Å². The molecule has 0 aliphatic carbocycles. The molecule has 0 spiro atoms. The van der Waals surface area contributed by atoms with Gasteiger partial charge in [-0.05, 0) is 11.8 Å². The van der Waals surface area contributed by atoms with Gasteiger partial charge in [0.25, 0.3) is 0 Å². The molecule has 0 radical (unpaired) electrons. The molecule has 0 saturated heterocycles. The van der Waals surface area contributed by atoms with Crippen molar-refractivity contribution in [3.63, 3.8) is 0 Å². The summed E-state index contributed by atoms with van der Waals surface area (Å²) in [6.07, 6.45) is 0. The number of allylic oxidation sites excluding steroid dienone is 1. The summed E-state index contributed by atoms with van der Waals surface area (Å²) in [5.41, 5.74) is 1.13. The van der Waals surface area contributed by atoms with E-state index in [1.165, 1.54) is 0 Å². The third kappa shape index (κ3) is 5.96. The molecule has 1 unspecified atom stereocenters. The molecular weight excluding hydrogens is 134 g/mol. The molecule has 0 aromatic rings. The van der Waals surface area contributed by atoms with Crippen LogP contribution < -0.4 is 5.32 Å². The zero-order valence-electron chi connectivity index (χ0n) is 8.86. The Hall–Kier alpha value is -0.460. The van der Waals surface area contributed by atoms with Crippen molar-refractivity contribution in [2.75, 3.05) is 7.05 Å². The molecule has 0 rings (SSSR count). The second-order valence-corrected chi connectivity index (χ2v) is 2.81. The highest BCUT2D eigenvalue weighted by molar-refractivity contribution is 4.95. The van der Waals surface area contributed by atoms with Crippen molar-refractivity contribution in [3.05, 3.63) is 12.3 Å². The maximum absolute atomic E-state index is 3.88. The van der Waals surface area contributed by atoms with E-state index in [1.54, 1.807) is 0 Å². The topological polar surface area (TPSA) is 12.0 Å². The number of hydrogen-bond acceptors (Lipinski definition) is 1. The van der Waals surface area contributed by atoms with E-state index in [4.69, 9.17) is 0 Å². The minimum Gasteiger partial charge on any atom is -0.392 e. The van der Waals surface area contributed by atoms with Crippen LogP contribution in [0.3, 0.4) is 0 Å². The fraction of sp³-hybridized carbons (Fsp3) is 0.800. The fourth-order valence-corrected chi connectivity index (χ4v) is 0.630. The summed E-state index contributed by atoms with van der Waals surface area (Å²) in [5.74, 6) is 1.26. The third-order valence-corrected chi connectivity index (χ3v) is 1.87. The van der Waals surface area contributed by atoms with E-state index in [0.29, 0.717) is 11.8 Å². The summed E-state index contributed by atoms with van der Waals surface area (Å²) in [4.78, 5) is 0. The van der Waals surface area contributed by atoms with Crippen molar-refractivity contribution in [1.29, 1.82) is 0 Å². The quantitative estimate of drug-likeness (QED) is 0.664. The van der Waals surface area contributed by atoms with Gasteiger partial charge in [0.2, 0.25) is 0 Å². The Labute approximate surface area is 71.9 Å². The average Bonchev–Trinajstić information content (AvgIpc) is 2.05. The van der Waals surface area contributed by atoms with Gasteiger partial charge < -0.3 is 5.32 Å². The van der Waals surface area contributed by atoms with E-state index in [2.05, 4.69) is 32.7 Å². The van der Waals surface area contributed by atoms with E-state index in [-0.39, 0.29) is 0 Å². The van der Waals surface area contributed by atoms with Gasteiger partial charge in [0.05, 0.1) is 0 Å². The van der Waals surface area contributed by atoms with Crippen molar-refractivity contribution in [1.82, 2.24) is 5.32 Å². The zero-order chi connectivity index (χ0) is 9.44. The van der Waals surface area contributed by atoms with Crippen LogP contribution in [0.2, 0.25) is 0 Å². The van der Waals surface area contributed by atoms with Gasteiger partial charge in [-0.3, -0.25) is 0 Å². The van der Waals surface area contributed by atoms with E-state index in [0.717, 1.165) is 5.70 Å². The smallest absolute Gasteiger partial charge is 0.00623 e. The Morgan fingerprint density at radius 2 is 1.55 bits per heavy atom. The van der Waals surface area contributed by atoms with Crippen LogP contribution in [0.5, 0.6) is 0 Å². The molecule has 0 saturated carbocycles. The predicted molar refractivity (Wildman–Crippen MR) is 53.5 cm³/mol. The summed E-state index contributed by atoms with van der Waals surface area (Å²) in [5, 5.41) is 3.05. The van der Waals surface area contributed by atoms with Gasteiger partial charge in [0.1, 0.15) is 0 Å². The van der Waals surface area contributed by atoms with Gasteiger partial charge in [-0.15, -0.1) is 0 Å². The lowest BCUT2D eigenvalue weighted by molar-refractivity contribution is 0.462. The number of nitrogens with one attached hydrogen (secondary N) is 1. The van der Waals surface area contributed by atoms with Crippen molar-refractivity contribution in [2.24, 2.45) is 11.8 Å². The summed E-state index contributed by atoms with van der Waals surface area (Å²) in [7, 11) is 1.92. The number of hydrogen-bond donors (Lipinski definition) is 1. The second kappa shape index (κ2) is 7.64. The van der Waals surface area contributed by atoms with Gasteiger partial charge >= 0.3 is 0 Å². The highest BCUT2D eigenvalue weighted by atomic mass is 14.8. The van der Waals surface area contributed by atoms with E-state index in [1.807, 2.05) is 20.9 Å². The van der Waals surface area contributed by atoms with Crippen LogP contribution in [-0.4, -0.2) is 7.05 Å². The van der Waals surface area contributed by atoms with Crippen LogP contribution >= 0.6 is 0 Å². The molecule has 0 aliphatic heterocycles. The molecule has 0 aromatic heterocycles. The van der Waals surface area contributed by atoms with Crippen LogP contribution in [0, 0.1) is 11.8 Å². The molecule has 0 aromatic carbocycles. The highest BCUT2D eigenvalue weighted by Crippen LogP contribution is 2.14. The van der Waals surface area contributed by atoms with Crippen LogP contribution in [0.1, 0.15) is 34.6 Å². The first-order chi connectivity index (χ1) is 5.09. The van der Waals surface area contributed by atoms with Crippen LogP contribution in [0.15, 0.2) is 12.3 Å². The molecule has 68 valence electrons. The standard InChI is InChI=1S/C8H17N.C2H6/c1-6(2)7(3)8(4)9-5;1-2/h6-7,9H,4H2,1-3,5H3;1-2H3. The van der Waals surface area contributed by atoms with Crippen molar-refractivity contribution >= 4 is 0 Å². The van der Waals surface area contributed by atoms with Crippen molar-refractivity contribution in [3.8, 4) is 0 Å². The predicted octanol–water partition coefficient (Wildman–Crippen LogP) is 3.04. The molecule has 1 N–H and O–H groups in total. The van der Waals surface area contributed by atoms with Gasteiger partial charge in [0.15, 0.2) is 0 Å². The Balaban J connectivity index is 0. The lowest BCUT2D eigenvalue weighted by atomic mass is 9.95. The summed E-state index contributed by atoms with van der Waals surface area (Å²) >= 11 is 0. The lowest BCUT2D eigenvalue weighted by Gasteiger charge is -2.17. The van der Waals surface area contributed by atoms with Gasteiger partial charge in [-0.25, -0.2) is 0 Å². The molecule has 11 heavy (non-hydrogen) atoms. The highest BCUT2D eigenvalue weighted by Gasteiger charge is 2.08. The average molecular weight is 157 g/mol. The van der Waals surface area contributed by atoms with Crippen molar-refractivity contribution < 1.29 is 0 Å². The maximum atomic E-state index is 3.88. The van der Waals surface area contributed by atoms with E-state index < -0.39 is 0 Å². The monoisotopic (exact) mass is 157 g/mol. The first-order valence-electron chi connectivity index (χ1n) is 4.46. The SMILES string of the molecule is C=C(NC)C(C)C(C)C.CC. The third-order valence-electron chi connectivity index (χ3n) is 1.87. The fourth-order valence-electron chi connectivity index (χ4n) is 0.630. The lowest BCUT2D eigenvalue weighted by Crippen LogP contribution is -2.16. The number of rotatable bonds is 3. The Bertz CT molecular complexity index is 95.0. The molecule has 0 aliphatic rings. The van der Waals surface area contributed by atoms with Gasteiger partial charge in [-0.2, -0.15) is 0 Å². The van der Waals surface area contributed by atoms with Gasteiger partial charge in [-0.1, -0.05) is 41.2 Å². The summed E-state index contributed by atoms with van der Waals surface area (Å²) < 4.78 is 0. The van der Waals surface area contributed by atoms with Gasteiger partial charge in [0, 0.05) is 12.7 Å². The zero-order valence-corrected chi connectivity index (χ0v) is 8.86. The van der Waals surface area contributed by atoms with Crippen LogP contribution in [0.25, 0.3) is 0 Å². The molecule has 0 heterocycles. The summed E-state index contributed by atoms with van der Waals surface area (Å²) in [6.45, 7) is 14.5. The largest absolute Gasteiger partial charge is 0.392 e.